The van der Waals surface area contributed by atoms with Gasteiger partial charge in [-0.25, -0.2) is 9.97 Å². The summed E-state index contributed by atoms with van der Waals surface area (Å²) in [5, 5.41) is 2.95. The Labute approximate surface area is 123 Å². The van der Waals surface area contributed by atoms with Crippen LogP contribution in [0.4, 0.5) is 0 Å². The van der Waals surface area contributed by atoms with E-state index in [0.29, 0.717) is 19.0 Å². The van der Waals surface area contributed by atoms with Crippen molar-refractivity contribution in [2.75, 3.05) is 0 Å². The summed E-state index contributed by atoms with van der Waals surface area (Å²) in [7, 11) is 0. The van der Waals surface area contributed by atoms with Crippen LogP contribution in [0.25, 0.3) is 0 Å². The molecule has 1 atom stereocenters. The van der Waals surface area contributed by atoms with Gasteiger partial charge in [-0.3, -0.25) is 4.79 Å². The number of hydrogen-bond acceptors (Lipinski definition) is 4. The van der Waals surface area contributed by atoms with Gasteiger partial charge in [-0.05, 0) is 19.8 Å². The Balaban J connectivity index is 1.58. The van der Waals surface area contributed by atoms with E-state index in [2.05, 4.69) is 19.9 Å². The molecule has 0 spiro atoms. The predicted molar refractivity (Wildman–Crippen MR) is 76.5 cm³/mol. The lowest BCUT2D eigenvalue weighted by atomic mass is 9.97. The van der Waals surface area contributed by atoms with Gasteiger partial charge < -0.3 is 14.3 Å². The Bertz CT molecular complexity index is 644. The first-order valence-electron chi connectivity index (χ1n) is 7.39. The Hall–Kier alpha value is -2.11. The van der Waals surface area contributed by atoms with Gasteiger partial charge in [0, 0.05) is 24.9 Å². The molecule has 1 aliphatic heterocycles. The van der Waals surface area contributed by atoms with Crippen molar-refractivity contribution in [2.24, 2.45) is 5.92 Å². The molecule has 1 amide bonds. The highest BCUT2D eigenvalue weighted by molar-refractivity contribution is 5.78. The zero-order valence-corrected chi connectivity index (χ0v) is 12.4. The summed E-state index contributed by atoms with van der Waals surface area (Å²) in [5.74, 6) is 1.76. The molecule has 0 saturated heterocycles. The summed E-state index contributed by atoms with van der Waals surface area (Å²) >= 11 is 0. The first-order chi connectivity index (χ1) is 10.2. The molecule has 21 heavy (non-hydrogen) atoms. The predicted octanol–water partition coefficient (Wildman–Crippen LogP) is 1.62. The number of hydrogen-bond donors (Lipinski definition) is 1. The number of aromatic nitrogens is 3. The SMILES string of the molecule is CCc1nc(CNC(=O)C2CCc3cnc(C)n3C2)co1. The third kappa shape index (κ3) is 2.84. The molecule has 0 fully saturated rings. The van der Waals surface area contributed by atoms with Gasteiger partial charge in [-0.15, -0.1) is 0 Å². The van der Waals surface area contributed by atoms with E-state index in [0.717, 1.165) is 30.8 Å². The molecule has 112 valence electrons. The van der Waals surface area contributed by atoms with E-state index in [1.165, 1.54) is 5.69 Å². The maximum atomic E-state index is 12.3. The van der Waals surface area contributed by atoms with Crippen LogP contribution in [0.3, 0.4) is 0 Å². The van der Waals surface area contributed by atoms with Gasteiger partial charge in [-0.2, -0.15) is 0 Å². The van der Waals surface area contributed by atoms with Crippen molar-refractivity contribution >= 4 is 5.91 Å². The highest BCUT2D eigenvalue weighted by Gasteiger charge is 2.25. The molecule has 0 radical (unpaired) electrons. The number of aryl methyl sites for hydroxylation is 3. The summed E-state index contributed by atoms with van der Waals surface area (Å²) in [6, 6.07) is 0. The summed E-state index contributed by atoms with van der Waals surface area (Å²) < 4.78 is 7.41. The lowest BCUT2D eigenvalue weighted by Crippen LogP contribution is -2.35. The van der Waals surface area contributed by atoms with Crippen molar-refractivity contribution in [3.05, 3.63) is 35.6 Å². The van der Waals surface area contributed by atoms with Crippen LogP contribution in [0, 0.1) is 12.8 Å². The van der Waals surface area contributed by atoms with Crippen molar-refractivity contribution in [3.63, 3.8) is 0 Å². The molecule has 3 heterocycles. The maximum Gasteiger partial charge on any atom is 0.225 e. The second-order valence-corrected chi connectivity index (χ2v) is 5.45. The molecule has 1 unspecified atom stereocenters. The third-order valence-corrected chi connectivity index (χ3v) is 4.01. The van der Waals surface area contributed by atoms with Crippen LogP contribution >= 0.6 is 0 Å². The van der Waals surface area contributed by atoms with Crippen LogP contribution in [-0.2, 0) is 30.7 Å². The second kappa shape index (κ2) is 5.71. The first kappa shape index (κ1) is 13.9. The second-order valence-electron chi connectivity index (χ2n) is 5.45. The highest BCUT2D eigenvalue weighted by Crippen LogP contribution is 2.21. The number of carbonyl (C=O) groups is 1. The number of amides is 1. The van der Waals surface area contributed by atoms with Gasteiger partial charge in [0.15, 0.2) is 5.89 Å². The van der Waals surface area contributed by atoms with Crippen molar-refractivity contribution in [1.82, 2.24) is 19.9 Å². The Kier molecular flexibility index (Phi) is 3.77. The summed E-state index contributed by atoms with van der Waals surface area (Å²) in [6.45, 7) is 5.10. The summed E-state index contributed by atoms with van der Waals surface area (Å²) in [6.07, 6.45) is 6.06. The lowest BCUT2D eigenvalue weighted by Gasteiger charge is -2.24. The first-order valence-corrected chi connectivity index (χ1v) is 7.39. The molecule has 3 rings (SSSR count). The van der Waals surface area contributed by atoms with Crippen molar-refractivity contribution in [3.8, 4) is 0 Å². The normalized spacial score (nSPS) is 17.5. The van der Waals surface area contributed by atoms with Crippen LogP contribution in [-0.4, -0.2) is 20.4 Å². The summed E-state index contributed by atoms with van der Waals surface area (Å²) in [4.78, 5) is 20.9. The van der Waals surface area contributed by atoms with E-state index in [9.17, 15) is 4.79 Å². The molecule has 2 aromatic heterocycles. The molecule has 2 aromatic rings. The third-order valence-electron chi connectivity index (χ3n) is 4.01. The van der Waals surface area contributed by atoms with Gasteiger partial charge >= 0.3 is 0 Å². The number of fused-ring (bicyclic) bond motifs is 1. The zero-order valence-electron chi connectivity index (χ0n) is 12.4. The van der Waals surface area contributed by atoms with Crippen molar-refractivity contribution in [2.45, 2.75) is 46.2 Å². The minimum absolute atomic E-state index is 0.00273. The average Bonchev–Trinajstić information content (AvgIpc) is 3.11. The van der Waals surface area contributed by atoms with Gasteiger partial charge in [0.2, 0.25) is 5.91 Å². The molecule has 6 heteroatoms. The van der Waals surface area contributed by atoms with E-state index < -0.39 is 0 Å². The fraction of sp³-hybridized carbons (Fsp3) is 0.533. The Morgan fingerprint density at radius 3 is 3.19 bits per heavy atom. The van der Waals surface area contributed by atoms with Crippen LogP contribution in [0.15, 0.2) is 16.9 Å². The van der Waals surface area contributed by atoms with E-state index in [-0.39, 0.29) is 11.8 Å². The Morgan fingerprint density at radius 1 is 1.57 bits per heavy atom. The number of carbonyl (C=O) groups excluding carboxylic acids is 1. The monoisotopic (exact) mass is 288 g/mol. The van der Waals surface area contributed by atoms with Crippen LogP contribution in [0.5, 0.6) is 0 Å². The topological polar surface area (TPSA) is 73.0 Å². The van der Waals surface area contributed by atoms with E-state index >= 15 is 0 Å². The number of nitrogens with zero attached hydrogens (tertiary/aromatic N) is 3. The summed E-state index contributed by atoms with van der Waals surface area (Å²) in [5.41, 5.74) is 2.00. The quantitative estimate of drug-likeness (QED) is 0.928. The van der Waals surface area contributed by atoms with Crippen LogP contribution in [0.2, 0.25) is 0 Å². The number of rotatable bonds is 4. The fourth-order valence-corrected chi connectivity index (χ4v) is 2.73. The molecule has 1 aliphatic rings. The van der Waals surface area contributed by atoms with Gasteiger partial charge in [0.25, 0.3) is 0 Å². The maximum absolute atomic E-state index is 12.3. The van der Waals surface area contributed by atoms with Crippen LogP contribution < -0.4 is 5.32 Å². The average molecular weight is 288 g/mol. The van der Waals surface area contributed by atoms with Gasteiger partial charge in [0.05, 0.1) is 18.2 Å². The van der Waals surface area contributed by atoms with E-state index in [1.807, 2.05) is 20.0 Å². The molecule has 1 N–H and O–H groups in total. The minimum Gasteiger partial charge on any atom is -0.449 e. The lowest BCUT2D eigenvalue weighted by molar-refractivity contribution is -0.126. The molecular formula is C15H20N4O2. The highest BCUT2D eigenvalue weighted by atomic mass is 16.3. The molecular weight excluding hydrogens is 268 g/mol. The molecule has 0 bridgehead atoms. The molecule has 6 nitrogen and oxygen atoms in total. The largest absolute Gasteiger partial charge is 0.449 e. The number of nitrogens with one attached hydrogen (secondary N) is 1. The van der Waals surface area contributed by atoms with Crippen molar-refractivity contribution < 1.29 is 9.21 Å². The van der Waals surface area contributed by atoms with Gasteiger partial charge in [-0.1, -0.05) is 6.92 Å². The van der Waals surface area contributed by atoms with Crippen molar-refractivity contribution in [1.29, 1.82) is 0 Å². The van der Waals surface area contributed by atoms with Crippen LogP contribution in [0.1, 0.15) is 36.4 Å². The van der Waals surface area contributed by atoms with E-state index in [4.69, 9.17) is 4.42 Å². The molecule has 0 aliphatic carbocycles. The minimum atomic E-state index is 0.00273. The van der Waals surface area contributed by atoms with E-state index in [1.54, 1.807) is 6.26 Å². The molecule has 0 saturated carbocycles. The number of imidazole rings is 1. The fourth-order valence-electron chi connectivity index (χ4n) is 2.73. The molecule has 0 aromatic carbocycles. The standard InChI is InChI=1S/C15H20N4O2/c1-3-14-18-12(9-21-14)6-17-15(20)11-4-5-13-7-16-10(2)19(13)8-11/h7,9,11H,3-6,8H2,1-2H3,(H,17,20). The van der Waals surface area contributed by atoms with Gasteiger partial charge in [0.1, 0.15) is 12.1 Å². The number of oxazole rings is 1. The Morgan fingerprint density at radius 2 is 2.43 bits per heavy atom. The zero-order chi connectivity index (χ0) is 14.8. The smallest absolute Gasteiger partial charge is 0.225 e.